The molecule has 0 atom stereocenters. The van der Waals surface area contributed by atoms with E-state index in [1.165, 1.54) is 12.5 Å². The predicted octanol–water partition coefficient (Wildman–Crippen LogP) is 1.71. The topological polar surface area (TPSA) is 72.2 Å². The quantitative estimate of drug-likeness (QED) is 0.883. The summed E-state index contributed by atoms with van der Waals surface area (Å²) >= 11 is 0. The SMILES string of the molecule is CS(=O)(=O)Nc1ccccc1-c1ncco1. The highest BCUT2D eigenvalue weighted by Gasteiger charge is 2.11. The van der Waals surface area contributed by atoms with Crippen LogP contribution in [0.15, 0.2) is 41.1 Å². The third kappa shape index (κ3) is 2.40. The molecule has 1 aromatic heterocycles. The minimum atomic E-state index is -3.31. The molecule has 0 unspecified atom stereocenters. The van der Waals surface area contributed by atoms with Crippen molar-refractivity contribution in [2.75, 3.05) is 11.0 Å². The standard InChI is InChI=1S/C10H10N2O3S/c1-16(13,14)12-9-5-3-2-4-8(9)10-11-6-7-15-10/h2-7,12H,1H3. The number of para-hydroxylation sites is 1. The first-order valence-electron chi connectivity index (χ1n) is 4.53. The van der Waals surface area contributed by atoms with Gasteiger partial charge in [-0.25, -0.2) is 13.4 Å². The largest absolute Gasteiger partial charge is 0.444 e. The molecule has 84 valence electrons. The van der Waals surface area contributed by atoms with Crippen LogP contribution in [0, 0.1) is 0 Å². The Morgan fingerprint density at radius 3 is 2.69 bits per heavy atom. The van der Waals surface area contributed by atoms with Crippen LogP contribution in [0.3, 0.4) is 0 Å². The van der Waals surface area contributed by atoms with Crippen LogP contribution in [-0.2, 0) is 10.0 Å². The number of nitrogens with zero attached hydrogens (tertiary/aromatic N) is 1. The summed E-state index contributed by atoms with van der Waals surface area (Å²) in [5, 5.41) is 0. The van der Waals surface area contributed by atoms with E-state index < -0.39 is 10.0 Å². The normalized spacial score (nSPS) is 11.3. The van der Waals surface area contributed by atoms with E-state index in [4.69, 9.17) is 4.42 Å². The Bertz CT molecular complexity index is 576. The Morgan fingerprint density at radius 2 is 2.06 bits per heavy atom. The molecule has 0 saturated heterocycles. The first-order valence-corrected chi connectivity index (χ1v) is 6.42. The van der Waals surface area contributed by atoms with Crippen LogP contribution in [0.25, 0.3) is 11.5 Å². The van der Waals surface area contributed by atoms with Crippen molar-refractivity contribution in [3.8, 4) is 11.5 Å². The maximum atomic E-state index is 11.2. The van der Waals surface area contributed by atoms with Gasteiger partial charge >= 0.3 is 0 Å². The van der Waals surface area contributed by atoms with Crippen molar-refractivity contribution in [1.29, 1.82) is 0 Å². The summed E-state index contributed by atoms with van der Waals surface area (Å²) in [5.41, 5.74) is 1.06. The van der Waals surface area contributed by atoms with Gasteiger partial charge in [0.1, 0.15) is 6.26 Å². The van der Waals surface area contributed by atoms with E-state index in [9.17, 15) is 8.42 Å². The summed E-state index contributed by atoms with van der Waals surface area (Å²) in [7, 11) is -3.31. The molecule has 5 nitrogen and oxygen atoms in total. The minimum Gasteiger partial charge on any atom is -0.444 e. The summed E-state index contributed by atoms with van der Waals surface area (Å²) in [6.45, 7) is 0. The molecule has 0 radical (unpaired) electrons. The molecule has 0 saturated carbocycles. The van der Waals surface area contributed by atoms with Gasteiger partial charge in [0.15, 0.2) is 0 Å². The number of hydrogen-bond donors (Lipinski definition) is 1. The van der Waals surface area contributed by atoms with Gasteiger partial charge in [-0.2, -0.15) is 0 Å². The van der Waals surface area contributed by atoms with E-state index in [1.807, 2.05) is 0 Å². The Morgan fingerprint density at radius 1 is 1.31 bits per heavy atom. The first kappa shape index (κ1) is 10.7. The maximum Gasteiger partial charge on any atom is 0.229 e. The zero-order chi connectivity index (χ0) is 11.6. The monoisotopic (exact) mass is 238 g/mol. The van der Waals surface area contributed by atoms with Crippen molar-refractivity contribution in [3.63, 3.8) is 0 Å². The van der Waals surface area contributed by atoms with Gasteiger partial charge in [0.2, 0.25) is 15.9 Å². The second-order valence-electron chi connectivity index (χ2n) is 3.26. The van der Waals surface area contributed by atoms with Crippen LogP contribution in [0.1, 0.15) is 0 Å². The van der Waals surface area contributed by atoms with Gasteiger partial charge in [-0.3, -0.25) is 4.72 Å². The van der Waals surface area contributed by atoms with Gasteiger partial charge in [0.05, 0.1) is 23.7 Å². The molecule has 0 aliphatic heterocycles. The van der Waals surface area contributed by atoms with Gasteiger partial charge in [-0.1, -0.05) is 12.1 Å². The van der Waals surface area contributed by atoms with E-state index in [2.05, 4.69) is 9.71 Å². The number of oxazole rings is 1. The summed E-state index contributed by atoms with van der Waals surface area (Å²) in [6, 6.07) is 6.91. The number of aromatic nitrogens is 1. The zero-order valence-electron chi connectivity index (χ0n) is 8.54. The highest BCUT2D eigenvalue weighted by molar-refractivity contribution is 7.92. The molecule has 0 aliphatic rings. The second kappa shape index (κ2) is 3.97. The lowest BCUT2D eigenvalue weighted by Gasteiger charge is -2.07. The van der Waals surface area contributed by atoms with E-state index >= 15 is 0 Å². The number of anilines is 1. The summed E-state index contributed by atoms with van der Waals surface area (Å²) in [5.74, 6) is 0.381. The van der Waals surface area contributed by atoms with E-state index in [1.54, 1.807) is 24.3 Å². The van der Waals surface area contributed by atoms with Crippen LogP contribution in [0.5, 0.6) is 0 Å². The fourth-order valence-corrected chi connectivity index (χ4v) is 1.89. The Hall–Kier alpha value is -1.82. The van der Waals surface area contributed by atoms with Crippen molar-refractivity contribution in [3.05, 3.63) is 36.7 Å². The third-order valence-electron chi connectivity index (χ3n) is 1.89. The first-order chi connectivity index (χ1) is 7.56. The zero-order valence-corrected chi connectivity index (χ0v) is 9.36. The molecule has 0 fully saturated rings. The van der Waals surface area contributed by atoms with Gasteiger partial charge < -0.3 is 4.42 Å². The number of nitrogens with one attached hydrogen (secondary N) is 1. The van der Waals surface area contributed by atoms with Gasteiger partial charge in [-0.05, 0) is 12.1 Å². The highest BCUT2D eigenvalue weighted by Crippen LogP contribution is 2.26. The van der Waals surface area contributed by atoms with Gasteiger partial charge in [0.25, 0.3) is 0 Å². The smallest absolute Gasteiger partial charge is 0.229 e. The predicted molar refractivity (Wildman–Crippen MR) is 60.4 cm³/mol. The van der Waals surface area contributed by atoms with E-state index in [-0.39, 0.29) is 0 Å². The number of rotatable bonds is 3. The van der Waals surface area contributed by atoms with Crippen molar-refractivity contribution in [2.45, 2.75) is 0 Å². The van der Waals surface area contributed by atoms with Crippen LogP contribution in [0.4, 0.5) is 5.69 Å². The Kier molecular flexibility index (Phi) is 2.66. The molecule has 16 heavy (non-hydrogen) atoms. The molecule has 2 aromatic rings. The van der Waals surface area contributed by atoms with E-state index in [0.717, 1.165) is 6.26 Å². The fraction of sp³-hybridized carbons (Fsp3) is 0.100. The molecule has 2 rings (SSSR count). The van der Waals surface area contributed by atoms with Crippen molar-refractivity contribution in [2.24, 2.45) is 0 Å². The minimum absolute atomic E-state index is 0.381. The molecule has 0 bridgehead atoms. The number of hydrogen-bond acceptors (Lipinski definition) is 4. The number of benzene rings is 1. The molecule has 1 heterocycles. The Labute approximate surface area is 93.2 Å². The molecular weight excluding hydrogens is 228 g/mol. The van der Waals surface area contributed by atoms with Crippen molar-refractivity contribution < 1.29 is 12.8 Å². The number of sulfonamides is 1. The second-order valence-corrected chi connectivity index (χ2v) is 5.01. The maximum absolute atomic E-state index is 11.2. The summed E-state index contributed by atoms with van der Waals surface area (Å²) < 4.78 is 29.9. The molecule has 0 amide bonds. The molecule has 0 spiro atoms. The van der Waals surface area contributed by atoms with Crippen LogP contribution < -0.4 is 4.72 Å². The molecule has 0 aliphatic carbocycles. The molecule has 6 heteroatoms. The third-order valence-corrected chi connectivity index (χ3v) is 2.48. The lowest BCUT2D eigenvalue weighted by molar-refractivity contribution is 0.575. The molecule has 1 N–H and O–H groups in total. The average Bonchev–Trinajstić information content (AvgIpc) is 2.69. The van der Waals surface area contributed by atoms with Gasteiger partial charge in [-0.15, -0.1) is 0 Å². The van der Waals surface area contributed by atoms with Crippen LogP contribution in [0.2, 0.25) is 0 Å². The summed E-state index contributed by atoms with van der Waals surface area (Å²) in [4.78, 5) is 3.98. The molecule has 1 aromatic carbocycles. The van der Waals surface area contributed by atoms with Crippen LogP contribution >= 0.6 is 0 Å². The van der Waals surface area contributed by atoms with E-state index in [0.29, 0.717) is 17.1 Å². The van der Waals surface area contributed by atoms with Gasteiger partial charge in [0, 0.05) is 0 Å². The van der Waals surface area contributed by atoms with Crippen LogP contribution in [-0.4, -0.2) is 19.7 Å². The summed E-state index contributed by atoms with van der Waals surface area (Å²) in [6.07, 6.45) is 4.04. The average molecular weight is 238 g/mol. The van der Waals surface area contributed by atoms with Crippen molar-refractivity contribution in [1.82, 2.24) is 4.98 Å². The fourth-order valence-electron chi connectivity index (χ4n) is 1.31. The molecular formula is C10H10N2O3S. The van der Waals surface area contributed by atoms with Crippen molar-refractivity contribution >= 4 is 15.7 Å². The lowest BCUT2D eigenvalue weighted by Crippen LogP contribution is -2.10. The highest BCUT2D eigenvalue weighted by atomic mass is 32.2. The lowest BCUT2D eigenvalue weighted by atomic mass is 10.2. The Balaban J connectivity index is 2.47.